The van der Waals surface area contributed by atoms with Crippen LogP contribution in [0.5, 0.6) is 0 Å². The van der Waals surface area contributed by atoms with Crippen LogP contribution >= 0.6 is 0 Å². The van der Waals surface area contributed by atoms with Gasteiger partial charge in [-0.2, -0.15) is 4.68 Å². The van der Waals surface area contributed by atoms with Crippen molar-refractivity contribution in [3.8, 4) is 0 Å². The van der Waals surface area contributed by atoms with Crippen molar-refractivity contribution in [3.63, 3.8) is 0 Å². The fourth-order valence-corrected chi connectivity index (χ4v) is 2.72. The molecule has 132 valence electrons. The number of rotatable bonds is 5. The zero-order valence-corrected chi connectivity index (χ0v) is 14.5. The smallest absolute Gasteiger partial charge is 0.278 e. The standard InChI is InChI=1S/C19H18N4O3/c1-3-17(18(25)20-14-8-6-7-13(11-14)12(2)24)23-19(26)15-9-4-5-10-16(15)21-22-23/h4-11,17H,3H2,1-2H3,(H,20,25)/t17-/m1/s1. The van der Waals surface area contributed by atoms with Crippen molar-refractivity contribution >= 4 is 28.3 Å². The number of anilines is 1. The van der Waals surface area contributed by atoms with Gasteiger partial charge < -0.3 is 5.32 Å². The van der Waals surface area contributed by atoms with Gasteiger partial charge in [0.25, 0.3) is 5.56 Å². The summed E-state index contributed by atoms with van der Waals surface area (Å²) < 4.78 is 1.10. The molecule has 0 radical (unpaired) electrons. The van der Waals surface area contributed by atoms with Gasteiger partial charge in [-0.15, -0.1) is 5.10 Å². The number of benzene rings is 2. The van der Waals surface area contributed by atoms with Crippen LogP contribution in [0.1, 0.15) is 36.7 Å². The van der Waals surface area contributed by atoms with Gasteiger partial charge in [-0.3, -0.25) is 14.4 Å². The van der Waals surface area contributed by atoms with Gasteiger partial charge in [0.2, 0.25) is 5.91 Å². The molecule has 0 fully saturated rings. The Bertz CT molecular complexity index is 1040. The molecule has 0 aliphatic rings. The van der Waals surface area contributed by atoms with Gasteiger partial charge in [-0.25, -0.2) is 0 Å². The minimum Gasteiger partial charge on any atom is -0.324 e. The van der Waals surface area contributed by atoms with E-state index in [2.05, 4.69) is 15.6 Å². The summed E-state index contributed by atoms with van der Waals surface area (Å²) in [6.07, 6.45) is 0.366. The summed E-state index contributed by atoms with van der Waals surface area (Å²) in [5, 5.41) is 11.1. The minimum absolute atomic E-state index is 0.0928. The topological polar surface area (TPSA) is 93.9 Å². The van der Waals surface area contributed by atoms with Crippen LogP contribution in [0.3, 0.4) is 0 Å². The first kappa shape index (κ1) is 17.5. The van der Waals surface area contributed by atoms with Crippen molar-refractivity contribution in [2.24, 2.45) is 0 Å². The number of carbonyl (C=O) groups is 2. The second-order valence-electron chi connectivity index (χ2n) is 5.91. The molecule has 1 amide bonds. The number of nitrogens with zero attached hydrogens (tertiary/aromatic N) is 3. The Labute approximate surface area is 149 Å². The molecule has 26 heavy (non-hydrogen) atoms. The molecule has 0 bridgehead atoms. The lowest BCUT2D eigenvalue weighted by Gasteiger charge is -2.16. The van der Waals surface area contributed by atoms with E-state index >= 15 is 0 Å². The zero-order chi connectivity index (χ0) is 18.7. The first-order valence-electron chi connectivity index (χ1n) is 8.27. The van der Waals surface area contributed by atoms with Crippen LogP contribution in [0.25, 0.3) is 10.9 Å². The highest BCUT2D eigenvalue weighted by Gasteiger charge is 2.22. The van der Waals surface area contributed by atoms with Crippen molar-refractivity contribution in [2.45, 2.75) is 26.3 Å². The first-order valence-corrected chi connectivity index (χ1v) is 8.27. The quantitative estimate of drug-likeness (QED) is 0.714. The molecule has 3 rings (SSSR count). The second kappa shape index (κ2) is 7.26. The number of aromatic nitrogens is 3. The van der Waals surface area contributed by atoms with Crippen LogP contribution < -0.4 is 10.9 Å². The number of carbonyl (C=O) groups excluding carboxylic acids is 2. The van der Waals surface area contributed by atoms with Gasteiger partial charge in [0, 0.05) is 11.3 Å². The summed E-state index contributed by atoms with van der Waals surface area (Å²) in [6.45, 7) is 3.25. The van der Waals surface area contributed by atoms with Crippen molar-refractivity contribution in [1.29, 1.82) is 0 Å². The Hall–Kier alpha value is -3.35. The van der Waals surface area contributed by atoms with E-state index in [4.69, 9.17) is 0 Å². The van der Waals surface area contributed by atoms with Gasteiger partial charge in [-0.05, 0) is 37.6 Å². The summed E-state index contributed by atoms with van der Waals surface area (Å²) in [5.41, 5.74) is 1.11. The van der Waals surface area contributed by atoms with E-state index in [9.17, 15) is 14.4 Å². The maximum absolute atomic E-state index is 12.7. The lowest BCUT2D eigenvalue weighted by atomic mass is 10.1. The number of hydrogen-bond donors (Lipinski definition) is 1. The zero-order valence-electron chi connectivity index (χ0n) is 14.5. The predicted octanol–water partition coefficient (Wildman–Crippen LogP) is 2.58. The Morgan fingerprint density at radius 3 is 2.65 bits per heavy atom. The maximum Gasteiger partial charge on any atom is 0.278 e. The largest absolute Gasteiger partial charge is 0.324 e. The minimum atomic E-state index is -0.805. The van der Waals surface area contributed by atoms with Crippen molar-refractivity contribution in [2.75, 3.05) is 5.32 Å². The molecule has 3 aromatic rings. The lowest BCUT2D eigenvalue weighted by Crippen LogP contribution is -2.35. The van der Waals surface area contributed by atoms with Gasteiger partial charge >= 0.3 is 0 Å². The van der Waals surface area contributed by atoms with Crippen molar-refractivity contribution in [3.05, 3.63) is 64.4 Å². The molecule has 0 unspecified atom stereocenters. The third-order valence-electron chi connectivity index (χ3n) is 4.11. The van der Waals surface area contributed by atoms with E-state index in [1.807, 2.05) is 0 Å². The molecule has 1 N–H and O–H groups in total. The highest BCUT2D eigenvalue weighted by Crippen LogP contribution is 2.16. The fourth-order valence-electron chi connectivity index (χ4n) is 2.72. The lowest BCUT2D eigenvalue weighted by molar-refractivity contribution is -0.119. The normalized spacial score (nSPS) is 11.9. The Morgan fingerprint density at radius 1 is 1.15 bits per heavy atom. The molecule has 0 saturated carbocycles. The van der Waals surface area contributed by atoms with E-state index in [0.29, 0.717) is 28.6 Å². The van der Waals surface area contributed by atoms with E-state index in [0.717, 1.165) is 4.68 Å². The van der Waals surface area contributed by atoms with Crippen molar-refractivity contribution < 1.29 is 9.59 Å². The molecular weight excluding hydrogens is 332 g/mol. The number of fused-ring (bicyclic) bond motifs is 1. The summed E-state index contributed by atoms with van der Waals surface area (Å²) in [6, 6.07) is 12.7. The SMILES string of the molecule is CC[C@H](C(=O)Nc1cccc(C(C)=O)c1)n1nnc2ccccc2c1=O. The number of hydrogen-bond acceptors (Lipinski definition) is 5. The van der Waals surface area contributed by atoms with Crippen LogP contribution in [0.4, 0.5) is 5.69 Å². The van der Waals surface area contributed by atoms with Crippen LogP contribution in [-0.2, 0) is 4.79 Å². The van der Waals surface area contributed by atoms with E-state index in [1.54, 1.807) is 55.5 Å². The van der Waals surface area contributed by atoms with Gasteiger partial charge in [-0.1, -0.05) is 36.4 Å². The van der Waals surface area contributed by atoms with E-state index in [1.165, 1.54) is 6.92 Å². The fraction of sp³-hybridized carbons (Fsp3) is 0.211. The highest BCUT2D eigenvalue weighted by atomic mass is 16.2. The van der Waals surface area contributed by atoms with Gasteiger partial charge in [0.1, 0.15) is 11.6 Å². The summed E-state index contributed by atoms with van der Waals surface area (Å²) in [7, 11) is 0. The molecule has 7 nitrogen and oxygen atoms in total. The summed E-state index contributed by atoms with van der Waals surface area (Å²) >= 11 is 0. The molecular formula is C19H18N4O3. The Balaban J connectivity index is 1.93. The molecule has 0 aliphatic carbocycles. The number of amides is 1. The van der Waals surface area contributed by atoms with Crippen molar-refractivity contribution in [1.82, 2.24) is 15.0 Å². The van der Waals surface area contributed by atoms with E-state index in [-0.39, 0.29) is 17.2 Å². The number of ketones is 1. The van der Waals surface area contributed by atoms with Gasteiger partial charge in [0.15, 0.2) is 5.78 Å². The molecule has 0 aliphatic heterocycles. The monoisotopic (exact) mass is 350 g/mol. The summed E-state index contributed by atoms with van der Waals surface area (Å²) in [5.74, 6) is -0.482. The third-order valence-corrected chi connectivity index (χ3v) is 4.11. The van der Waals surface area contributed by atoms with Gasteiger partial charge in [0.05, 0.1) is 5.39 Å². The summed E-state index contributed by atoms with van der Waals surface area (Å²) in [4.78, 5) is 36.8. The number of Topliss-reactive ketones (excluding diaryl/α,β-unsaturated/α-hetero) is 1. The predicted molar refractivity (Wildman–Crippen MR) is 98.2 cm³/mol. The van der Waals surface area contributed by atoms with Crippen LogP contribution in [-0.4, -0.2) is 26.7 Å². The molecule has 0 saturated heterocycles. The molecule has 2 aromatic carbocycles. The highest BCUT2D eigenvalue weighted by molar-refractivity contribution is 5.98. The number of nitrogens with one attached hydrogen (secondary N) is 1. The molecule has 1 atom stereocenters. The molecule has 1 heterocycles. The second-order valence-corrected chi connectivity index (χ2v) is 5.91. The first-order chi connectivity index (χ1) is 12.5. The average Bonchev–Trinajstić information content (AvgIpc) is 2.64. The third kappa shape index (κ3) is 3.37. The Kier molecular flexibility index (Phi) is 4.88. The van der Waals surface area contributed by atoms with Crippen LogP contribution in [0.15, 0.2) is 53.3 Å². The molecule has 0 spiro atoms. The van der Waals surface area contributed by atoms with Crippen LogP contribution in [0.2, 0.25) is 0 Å². The molecule has 1 aromatic heterocycles. The Morgan fingerprint density at radius 2 is 1.92 bits per heavy atom. The van der Waals surface area contributed by atoms with E-state index < -0.39 is 6.04 Å². The van der Waals surface area contributed by atoms with Crippen LogP contribution in [0, 0.1) is 0 Å². The maximum atomic E-state index is 12.7. The average molecular weight is 350 g/mol. The molecule has 7 heteroatoms.